The van der Waals surface area contributed by atoms with Crippen LogP contribution in [0.4, 0.5) is 17.1 Å². The average molecular weight is 378 g/mol. The van der Waals surface area contributed by atoms with Gasteiger partial charge in [-0.25, -0.2) is 0 Å². The van der Waals surface area contributed by atoms with Crippen molar-refractivity contribution < 1.29 is 19.2 Å². The van der Waals surface area contributed by atoms with Crippen LogP contribution in [0, 0.1) is 24.0 Å². The Labute approximate surface area is 154 Å². The maximum absolute atomic E-state index is 12.2. The monoisotopic (exact) mass is 377 g/mol. The first-order valence-electron chi connectivity index (χ1n) is 7.44. The van der Waals surface area contributed by atoms with Gasteiger partial charge in [0.1, 0.15) is 5.75 Å². The summed E-state index contributed by atoms with van der Waals surface area (Å²) in [6, 6.07) is 7.11. The number of carbonyl (C=O) groups is 2. The van der Waals surface area contributed by atoms with Crippen LogP contribution in [-0.2, 0) is 9.59 Å². The van der Waals surface area contributed by atoms with Crippen molar-refractivity contribution in [2.24, 2.45) is 0 Å². The SMILES string of the molecule is COc1cc([N+](=O)[O-])ccc1NC(=O)C(=O)Nc1c(C)cc(C)cc1Cl. The number of anilines is 2. The zero-order valence-electron chi connectivity index (χ0n) is 14.3. The van der Waals surface area contributed by atoms with Gasteiger partial charge >= 0.3 is 11.8 Å². The fourth-order valence-corrected chi connectivity index (χ4v) is 2.69. The number of hydrogen-bond donors (Lipinski definition) is 2. The molecule has 0 heterocycles. The standard InChI is InChI=1S/C17H16ClN3O5/c1-9-6-10(2)15(12(18)7-9)20-17(23)16(22)19-13-5-4-11(21(24)25)8-14(13)26-3/h4-8H,1-3H3,(H,19,22)(H,20,23). The highest BCUT2D eigenvalue weighted by Gasteiger charge is 2.19. The Bertz CT molecular complexity index is 875. The number of methoxy groups -OCH3 is 1. The minimum atomic E-state index is -0.965. The molecule has 0 aliphatic heterocycles. The third-order valence-electron chi connectivity index (χ3n) is 3.52. The van der Waals surface area contributed by atoms with Gasteiger partial charge < -0.3 is 15.4 Å². The summed E-state index contributed by atoms with van der Waals surface area (Å²) in [4.78, 5) is 34.5. The van der Waals surface area contributed by atoms with E-state index in [0.717, 1.165) is 11.6 Å². The summed E-state index contributed by atoms with van der Waals surface area (Å²) in [6.45, 7) is 3.61. The lowest BCUT2D eigenvalue weighted by molar-refractivity contribution is -0.384. The van der Waals surface area contributed by atoms with Gasteiger partial charge in [0, 0.05) is 6.07 Å². The van der Waals surface area contributed by atoms with Gasteiger partial charge in [-0.15, -0.1) is 0 Å². The molecule has 0 fully saturated rings. The molecular weight excluding hydrogens is 362 g/mol. The number of aryl methyl sites for hydroxylation is 2. The number of amides is 2. The minimum absolute atomic E-state index is 0.0601. The van der Waals surface area contributed by atoms with Crippen molar-refractivity contribution in [3.63, 3.8) is 0 Å². The van der Waals surface area contributed by atoms with E-state index in [1.54, 1.807) is 13.0 Å². The molecule has 0 atom stereocenters. The van der Waals surface area contributed by atoms with Gasteiger partial charge in [0.05, 0.1) is 34.5 Å². The second kappa shape index (κ2) is 7.83. The summed E-state index contributed by atoms with van der Waals surface area (Å²) in [5.74, 6) is -1.84. The van der Waals surface area contributed by atoms with Crippen LogP contribution < -0.4 is 15.4 Å². The smallest absolute Gasteiger partial charge is 0.314 e. The van der Waals surface area contributed by atoms with Crippen molar-refractivity contribution in [1.82, 2.24) is 0 Å². The fraction of sp³-hybridized carbons (Fsp3) is 0.176. The van der Waals surface area contributed by atoms with Gasteiger partial charge in [-0.2, -0.15) is 0 Å². The molecule has 2 rings (SSSR count). The maximum atomic E-state index is 12.2. The van der Waals surface area contributed by atoms with Gasteiger partial charge in [0.2, 0.25) is 0 Å². The first-order valence-corrected chi connectivity index (χ1v) is 7.82. The molecule has 0 aliphatic rings. The van der Waals surface area contributed by atoms with Crippen LogP contribution >= 0.6 is 11.6 Å². The van der Waals surface area contributed by atoms with Crippen molar-refractivity contribution in [3.8, 4) is 5.75 Å². The number of rotatable bonds is 4. The van der Waals surface area contributed by atoms with Crippen LogP contribution in [0.25, 0.3) is 0 Å². The number of ether oxygens (including phenoxy) is 1. The number of halogens is 1. The first-order chi connectivity index (χ1) is 12.2. The number of carbonyl (C=O) groups excluding carboxylic acids is 2. The van der Waals surface area contributed by atoms with E-state index >= 15 is 0 Å². The molecule has 2 N–H and O–H groups in total. The number of non-ortho nitro benzene ring substituents is 1. The lowest BCUT2D eigenvalue weighted by Crippen LogP contribution is -2.29. The van der Waals surface area contributed by atoms with Crippen molar-refractivity contribution in [2.75, 3.05) is 17.7 Å². The van der Waals surface area contributed by atoms with Gasteiger partial charge in [0.25, 0.3) is 5.69 Å². The molecule has 2 amide bonds. The number of nitrogens with zero attached hydrogens (tertiary/aromatic N) is 1. The summed E-state index contributed by atoms with van der Waals surface area (Å²) >= 11 is 6.11. The van der Waals surface area contributed by atoms with E-state index in [2.05, 4.69) is 10.6 Å². The molecule has 0 bridgehead atoms. The van der Waals surface area contributed by atoms with E-state index < -0.39 is 16.7 Å². The van der Waals surface area contributed by atoms with Gasteiger partial charge in [-0.1, -0.05) is 17.7 Å². The molecule has 0 aliphatic carbocycles. The molecule has 0 saturated heterocycles. The number of nitro groups is 1. The largest absolute Gasteiger partial charge is 0.494 e. The lowest BCUT2D eigenvalue weighted by atomic mass is 10.1. The highest BCUT2D eigenvalue weighted by atomic mass is 35.5. The predicted octanol–water partition coefficient (Wildman–Crippen LogP) is 3.45. The Morgan fingerprint density at radius 2 is 1.77 bits per heavy atom. The average Bonchev–Trinajstić information content (AvgIpc) is 2.57. The van der Waals surface area contributed by atoms with Crippen molar-refractivity contribution in [2.45, 2.75) is 13.8 Å². The van der Waals surface area contributed by atoms with Gasteiger partial charge in [-0.3, -0.25) is 19.7 Å². The van der Waals surface area contributed by atoms with Crippen molar-refractivity contribution in [1.29, 1.82) is 0 Å². The molecule has 0 radical (unpaired) electrons. The normalized spacial score (nSPS) is 10.2. The Balaban J connectivity index is 2.18. The Morgan fingerprint density at radius 3 is 2.35 bits per heavy atom. The zero-order chi connectivity index (χ0) is 19.4. The molecule has 2 aromatic carbocycles. The van der Waals surface area contributed by atoms with E-state index in [-0.39, 0.29) is 17.1 Å². The van der Waals surface area contributed by atoms with Crippen molar-refractivity contribution in [3.05, 3.63) is 56.6 Å². The van der Waals surface area contributed by atoms with Crippen LogP contribution in [0.2, 0.25) is 5.02 Å². The number of nitrogens with one attached hydrogen (secondary N) is 2. The summed E-state index contributed by atoms with van der Waals surface area (Å²) < 4.78 is 5.01. The quantitative estimate of drug-likeness (QED) is 0.481. The minimum Gasteiger partial charge on any atom is -0.494 e. The number of hydrogen-bond acceptors (Lipinski definition) is 5. The summed E-state index contributed by atoms with van der Waals surface area (Å²) in [6.07, 6.45) is 0. The summed E-state index contributed by atoms with van der Waals surface area (Å²) in [5.41, 5.74) is 1.90. The maximum Gasteiger partial charge on any atom is 0.314 e. The second-order valence-corrected chi connectivity index (χ2v) is 5.90. The molecule has 136 valence electrons. The molecule has 2 aromatic rings. The number of benzene rings is 2. The Kier molecular flexibility index (Phi) is 5.78. The summed E-state index contributed by atoms with van der Waals surface area (Å²) in [5, 5.41) is 15.9. The molecule has 0 aromatic heterocycles. The highest BCUT2D eigenvalue weighted by Crippen LogP contribution is 2.30. The molecule has 26 heavy (non-hydrogen) atoms. The molecule has 9 heteroatoms. The third kappa shape index (κ3) is 4.28. The Morgan fingerprint density at radius 1 is 1.12 bits per heavy atom. The molecular formula is C17H16ClN3O5. The van der Waals surface area contributed by atoms with Gasteiger partial charge in [-0.05, 0) is 37.1 Å². The molecule has 8 nitrogen and oxygen atoms in total. The highest BCUT2D eigenvalue weighted by molar-refractivity contribution is 6.45. The first kappa shape index (κ1) is 19.2. The number of nitro benzene ring substituents is 1. The van der Waals surface area contributed by atoms with Crippen LogP contribution in [0.15, 0.2) is 30.3 Å². The predicted molar refractivity (Wildman–Crippen MR) is 97.8 cm³/mol. The molecule has 0 spiro atoms. The lowest BCUT2D eigenvalue weighted by Gasteiger charge is -2.12. The van der Waals surface area contributed by atoms with Crippen LogP contribution in [-0.4, -0.2) is 23.8 Å². The second-order valence-electron chi connectivity index (χ2n) is 5.49. The van der Waals surface area contributed by atoms with Gasteiger partial charge in [0.15, 0.2) is 0 Å². The van der Waals surface area contributed by atoms with E-state index in [9.17, 15) is 19.7 Å². The van der Waals surface area contributed by atoms with E-state index in [4.69, 9.17) is 16.3 Å². The molecule has 0 unspecified atom stereocenters. The third-order valence-corrected chi connectivity index (χ3v) is 3.82. The fourth-order valence-electron chi connectivity index (χ4n) is 2.32. The van der Waals surface area contributed by atoms with E-state index in [0.29, 0.717) is 16.3 Å². The van der Waals surface area contributed by atoms with Crippen LogP contribution in [0.1, 0.15) is 11.1 Å². The van der Waals surface area contributed by atoms with E-state index in [1.165, 1.54) is 19.2 Å². The van der Waals surface area contributed by atoms with Crippen LogP contribution in [0.5, 0.6) is 5.75 Å². The summed E-state index contributed by atoms with van der Waals surface area (Å²) in [7, 11) is 1.30. The zero-order valence-corrected chi connectivity index (χ0v) is 15.0. The van der Waals surface area contributed by atoms with Crippen LogP contribution in [0.3, 0.4) is 0 Å². The molecule has 0 saturated carbocycles. The topological polar surface area (TPSA) is 111 Å². The Hall–Kier alpha value is -3.13. The van der Waals surface area contributed by atoms with E-state index in [1.807, 2.05) is 13.0 Å². The van der Waals surface area contributed by atoms with Crippen molar-refractivity contribution >= 4 is 40.5 Å².